The molecule has 2 aromatic carbocycles. The monoisotopic (exact) mass is 437 g/mol. The van der Waals surface area contributed by atoms with Gasteiger partial charge in [-0.05, 0) is 54.9 Å². The van der Waals surface area contributed by atoms with Crippen molar-refractivity contribution in [1.29, 1.82) is 0 Å². The molecule has 0 saturated heterocycles. The fourth-order valence-corrected chi connectivity index (χ4v) is 5.27. The zero-order valence-electron chi connectivity index (χ0n) is 16.8. The van der Waals surface area contributed by atoms with Gasteiger partial charge in [-0.15, -0.1) is 11.3 Å². The van der Waals surface area contributed by atoms with E-state index in [-0.39, 0.29) is 17.6 Å². The Morgan fingerprint density at radius 2 is 2.00 bits per heavy atom. The van der Waals surface area contributed by atoms with Gasteiger partial charge >= 0.3 is 5.97 Å². The summed E-state index contributed by atoms with van der Waals surface area (Å²) in [5.74, 6) is -0.849. The average molecular weight is 437 g/mol. The minimum absolute atomic E-state index is 0.0672. The number of anilines is 1. The third kappa shape index (κ3) is 3.80. The number of thiophene rings is 1. The first-order chi connectivity index (χ1) is 15.0. The van der Waals surface area contributed by atoms with E-state index in [1.54, 1.807) is 35.6 Å². The molecule has 0 saturated carbocycles. The van der Waals surface area contributed by atoms with Crippen molar-refractivity contribution in [2.75, 3.05) is 18.9 Å². The molecule has 2 aliphatic heterocycles. The Morgan fingerprint density at radius 3 is 2.77 bits per heavy atom. The van der Waals surface area contributed by atoms with E-state index < -0.39 is 11.8 Å². The molecular weight excluding hydrogens is 417 g/mol. The van der Waals surface area contributed by atoms with Crippen LogP contribution in [0.25, 0.3) is 0 Å². The van der Waals surface area contributed by atoms with Crippen LogP contribution in [0.2, 0.25) is 0 Å². The lowest BCUT2D eigenvalue weighted by Crippen LogP contribution is -2.38. The van der Waals surface area contributed by atoms with E-state index in [1.807, 2.05) is 0 Å². The number of hydrogen-bond donors (Lipinski definition) is 2. The van der Waals surface area contributed by atoms with Crippen molar-refractivity contribution in [3.63, 3.8) is 0 Å². The first-order valence-electron chi connectivity index (χ1n) is 9.96. The molecule has 6 nitrogen and oxygen atoms in total. The number of fused-ring (bicyclic) bond motifs is 3. The third-order valence-corrected chi connectivity index (χ3v) is 6.66. The van der Waals surface area contributed by atoms with Gasteiger partial charge in [0.2, 0.25) is 0 Å². The minimum atomic E-state index is -0.630. The van der Waals surface area contributed by atoms with E-state index in [1.165, 1.54) is 23.1 Å². The molecule has 0 unspecified atom stereocenters. The molecule has 0 bridgehead atoms. The molecule has 0 fully saturated rings. The second-order valence-corrected chi connectivity index (χ2v) is 8.82. The van der Waals surface area contributed by atoms with Gasteiger partial charge in [-0.3, -0.25) is 4.79 Å². The molecule has 8 heteroatoms. The number of likely N-dealkylation sites (N-methyl/N-ethyl adjacent to an activating group) is 1. The van der Waals surface area contributed by atoms with E-state index in [0.29, 0.717) is 5.75 Å². The Morgan fingerprint density at radius 1 is 1.19 bits per heavy atom. The number of esters is 1. The normalized spacial score (nSPS) is 17.9. The number of nitrogens with one attached hydrogen (secondary N) is 2. The first kappa shape index (κ1) is 19.7. The van der Waals surface area contributed by atoms with E-state index >= 15 is 0 Å². The molecule has 5 rings (SSSR count). The van der Waals surface area contributed by atoms with Crippen LogP contribution in [0.15, 0.2) is 48.5 Å². The summed E-state index contributed by atoms with van der Waals surface area (Å²) in [4.78, 5) is 28.5. The van der Waals surface area contributed by atoms with Crippen LogP contribution in [0.5, 0.6) is 5.75 Å². The highest BCUT2D eigenvalue weighted by molar-refractivity contribution is 7.16. The fraction of sp³-hybridized carbons (Fsp3) is 0.217. The Hall–Kier alpha value is -3.23. The molecule has 2 N–H and O–H groups in total. The van der Waals surface area contributed by atoms with Crippen molar-refractivity contribution < 1.29 is 18.7 Å². The van der Waals surface area contributed by atoms with E-state index in [0.717, 1.165) is 47.3 Å². The predicted octanol–water partition coefficient (Wildman–Crippen LogP) is 3.95. The highest BCUT2D eigenvalue weighted by Crippen LogP contribution is 2.40. The summed E-state index contributed by atoms with van der Waals surface area (Å²) >= 11 is 1.64. The molecular formula is C23H20FN3O3S. The van der Waals surface area contributed by atoms with Crippen LogP contribution in [0.1, 0.15) is 42.9 Å². The van der Waals surface area contributed by atoms with Crippen LogP contribution >= 0.6 is 11.3 Å². The number of halogens is 1. The summed E-state index contributed by atoms with van der Waals surface area (Å²) in [6, 6.07) is 12.3. The Kier molecular flexibility index (Phi) is 4.95. The second-order valence-electron chi connectivity index (χ2n) is 7.72. The number of amides is 1. The van der Waals surface area contributed by atoms with Crippen LogP contribution in [0.3, 0.4) is 0 Å². The number of carbonyl (C=O) groups excluding carboxylic acids is 2. The van der Waals surface area contributed by atoms with E-state index in [4.69, 9.17) is 4.74 Å². The quantitative estimate of drug-likeness (QED) is 0.480. The minimum Gasteiger partial charge on any atom is -0.423 e. The summed E-state index contributed by atoms with van der Waals surface area (Å²) in [6.45, 7) is 1.81. The van der Waals surface area contributed by atoms with Crippen molar-refractivity contribution in [3.05, 3.63) is 81.5 Å². The lowest BCUT2D eigenvalue weighted by molar-refractivity contribution is 0.0734. The largest absolute Gasteiger partial charge is 0.423 e. The second kappa shape index (κ2) is 7.79. The van der Waals surface area contributed by atoms with E-state index in [9.17, 15) is 14.0 Å². The third-order valence-electron chi connectivity index (χ3n) is 5.51. The number of benzene rings is 2. The standard InChI is InChI=1S/C23H20FN3O3S/c1-27-10-9-17-18(12-27)31-22-19(17)21(28)25-20(26-22)13-5-7-16(8-6-13)30-23(29)14-3-2-4-15(24)11-14/h2-8,11,20,26H,9-10,12H2,1H3,(H,25,28)/t20-/m0/s1. The van der Waals surface area contributed by atoms with Gasteiger partial charge in [-0.25, -0.2) is 9.18 Å². The summed E-state index contributed by atoms with van der Waals surface area (Å²) in [7, 11) is 2.08. The topological polar surface area (TPSA) is 70.7 Å². The molecule has 0 radical (unpaired) electrons. The Bertz CT molecular complexity index is 1180. The van der Waals surface area contributed by atoms with Gasteiger partial charge < -0.3 is 20.3 Å². The molecule has 1 atom stereocenters. The molecule has 1 aromatic heterocycles. The van der Waals surface area contributed by atoms with Gasteiger partial charge in [-0.1, -0.05) is 18.2 Å². The smallest absolute Gasteiger partial charge is 0.343 e. The molecule has 0 aliphatic carbocycles. The lowest BCUT2D eigenvalue weighted by atomic mass is 10.0. The summed E-state index contributed by atoms with van der Waals surface area (Å²) < 4.78 is 18.6. The SMILES string of the molecule is CN1CCc2c(sc3c2C(=O)N[C@H](c2ccc(OC(=O)c4cccc(F)c4)cc2)N3)C1. The maximum atomic E-state index is 13.3. The van der Waals surface area contributed by atoms with Crippen LogP contribution in [-0.2, 0) is 13.0 Å². The molecule has 2 aliphatic rings. The molecule has 158 valence electrons. The Balaban J connectivity index is 1.32. The van der Waals surface area contributed by atoms with Gasteiger partial charge in [0.25, 0.3) is 5.91 Å². The zero-order chi connectivity index (χ0) is 21.5. The van der Waals surface area contributed by atoms with Crippen LogP contribution in [-0.4, -0.2) is 30.4 Å². The van der Waals surface area contributed by atoms with Crippen LogP contribution in [0.4, 0.5) is 9.39 Å². The van der Waals surface area contributed by atoms with E-state index in [2.05, 4.69) is 22.6 Å². The van der Waals surface area contributed by atoms with Gasteiger partial charge in [0.1, 0.15) is 22.7 Å². The number of rotatable bonds is 3. The molecule has 3 heterocycles. The van der Waals surface area contributed by atoms with Gasteiger partial charge in [0, 0.05) is 18.0 Å². The summed E-state index contributed by atoms with van der Waals surface area (Å²) in [5, 5.41) is 7.35. The first-order valence-corrected chi connectivity index (χ1v) is 10.8. The summed E-state index contributed by atoms with van der Waals surface area (Å²) in [5.41, 5.74) is 2.91. The molecule has 0 spiro atoms. The van der Waals surface area contributed by atoms with Gasteiger partial charge in [0.15, 0.2) is 0 Å². The fourth-order valence-electron chi connectivity index (χ4n) is 3.92. The van der Waals surface area contributed by atoms with Gasteiger partial charge in [-0.2, -0.15) is 0 Å². The number of hydrogen-bond acceptors (Lipinski definition) is 6. The zero-order valence-corrected chi connectivity index (χ0v) is 17.6. The van der Waals surface area contributed by atoms with Crippen LogP contribution in [0, 0.1) is 5.82 Å². The predicted molar refractivity (Wildman–Crippen MR) is 116 cm³/mol. The molecule has 1 amide bonds. The number of ether oxygens (including phenoxy) is 1. The molecule has 31 heavy (non-hydrogen) atoms. The highest BCUT2D eigenvalue weighted by atomic mass is 32.1. The highest BCUT2D eigenvalue weighted by Gasteiger charge is 2.32. The van der Waals surface area contributed by atoms with Crippen molar-refractivity contribution in [2.45, 2.75) is 19.1 Å². The van der Waals surface area contributed by atoms with Crippen molar-refractivity contribution in [3.8, 4) is 5.75 Å². The van der Waals surface area contributed by atoms with Crippen LogP contribution < -0.4 is 15.4 Å². The van der Waals surface area contributed by atoms with Crippen molar-refractivity contribution >= 4 is 28.2 Å². The lowest BCUT2D eigenvalue weighted by Gasteiger charge is -2.27. The number of nitrogens with zero attached hydrogens (tertiary/aromatic N) is 1. The van der Waals surface area contributed by atoms with Crippen molar-refractivity contribution in [1.82, 2.24) is 10.2 Å². The maximum Gasteiger partial charge on any atom is 0.343 e. The maximum absolute atomic E-state index is 13.3. The summed E-state index contributed by atoms with van der Waals surface area (Å²) in [6.07, 6.45) is 0.508. The van der Waals surface area contributed by atoms with Gasteiger partial charge in [0.05, 0.1) is 11.1 Å². The molecule has 3 aromatic rings. The Labute approximate surface area is 182 Å². The number of carbonyl (C=O) groups is 2. The average Bonchev–Trinajstić information content (AvgIpc) is 3.12. The van der Waals surface area contributed by atoms with Crippen molar-refractivity contribution in [2.24, 2.45) is 0 Å².